The Kier molecular flexibility index (Phi) is 4.84. The molecule has 0 N–H and O–H groups in total. The lowest BCUT2D eigenvalue weighted by atomic mass is 9.91. The van der Waals surface area contributed by atoms with Crippen LogP contribution in [-0.4, -0.2) is 77.5 Å². The van der Waals surface area contributed by atoms with E-state index < -0.39 is 0 Å². The van der Waals surface area contributed by atoms with Gasteiger partial charge in [0.1, 0.15) is 11.6 Å². The summed E-state index contributed by atoms with van der Waals surface area (Å²) in [5.41, 5.74) is 1.75. The van der Waals surface area contributed by atoms with Crippen molar-refractivity contribution in [3.63, 3.8) is 0 Å². The molecule has 8 heteroatoms. The molecule has 1 aromatic heterocycles. The van der Waals surface area contributed by atoms with Crippen LogP contribution in [0.15, 0.2) is 5.51 Å². The predicted molar refractivity (Wildman–Crippen MR) is 92.4 cm³/mol. The van der Waals surface area contributed by atoms with E-state index in [2.05, 4.69) is 20.0 Å². The van der Waals surface area contributed by atoms with E-state index in [-0.39, 0.29) is 12.2 Å². The van der Waals surface area contributed by atoms with Gasteiger partial charge in [-0.05, 0) is 12.8 Å². The molecule has 0 unspecified atom stereocenters. The summed E-state index contributed by atoms with van der Waals surface area (Å²) in [5.74, 6) is 0. The zero-order chi connectivity index (χ0) is 16.4. The molecule has 0 bridgehead atoms. The monoisotopic (exact) mass is 351 g/mol. The average molecular weight is 351 g/mol. The fraction of sp³-hybridized carbons (Fsp3) is 0.812. The van der Waals surface area contributed by atoms with Crippen LogP contribution in [0.2, 0.25) is 0 Å². The van der Waals surface area contributed by atoms with Crippen molar-refractivity contribution in [3.8, 4) is 0 Å². The standard InChI is InChI=1S/C16H25N5O2S/c22-16(21-10-8-19(9-11-21)13-2-1-3-13)23-14-4-6-20(7-5-14)15-18-17-12-24-15/h12-14H,1-11H2. The van der Waals surface area contributed by atoms with Crippen molar-refractivity contribution in [2.45, 2.75) is 44.2 Å². The number of piperazine rings is 1. The van der Waals surface area contributed by atoms with Gasteiger partial charge < -0.3 is 14.5 Å². The summed E-state index contributed by atoms with van der Waals surface area (Å²) < 4.78 is 5.74. The van der Waals surface area contributed by atoms with Crippen molar-refractivity contribution in [1.82, 2.24) is 20.0 Å². The van der Waals surface area contributed by atoms with E-state index in [9.17, 15) is 4.79 Å². The molecule has 2 saturated heterocycles. The molecule has 1 aliphatic carbocycles. The molecular formula is C16H25N5O2S. The highest BCUT2D eigenvalue weighted by atomic mass is 32.1. The molecule has 2 aliphatic heterocycles. The van der Waals surface area contributed by atoms with Gasteiger partial charge in [0.2, 0.25) is 5.13 Å². The first-order valence-corrected chi connectivity index (χ1v) is 9.88. The van der Waals surface area contributed by atoms with Gasteiger partial charge in [-0.25, -0.2) is 4.79 Å². The highest BCUT2D eigenvalue weighted by Crippen LogP contribution is 2.26. The Labute approximate surface area is 146 Å². The highest BCUT2D eigenvalue weighted by Gasteiger charge is 2.31. The number of amides is 1. The maximum Gasteiger partial charge on any atom is 0.410 e. The van der Waals surface area contributed by atoms with E-state index in [4.69, 9.17) is 4.74 Å². The van der Waals surface area contributed by atoms with Gasteiger partial charge in [-0.1, -0.05) is 17.8 Å². The Morgan fingerprint density at radius 1 is 1.08 bits per heavy atom. The van der Waals surface area contributed by atoms with Crippen molar-refractivity contribution in [3.05, 3.63) is 5.51 Å². The smallest absolute Gasteiger partial charge is 0.410 e. The number of aromatic nitrogens is 2. The quantitative estimate of drug-likeness (QED) is 0.828. The Balaban J connectivity index is 1.20. The van der Waals surface area contributed by atoms with Gasteiger partial charge in [0.05, 0.1) is 0 Å². The van der Waals surface area contributed by atoms with Crippen LogP contribution in [0.5, 0.6) is 0 Å². The minimum atomic E-state index is -0.127. The van der Waals surface area contributed by atoms with Gasteiger partial charge in [0, 0.05) is 58.2 Å². The number of rotatable bonds is 3. The number of anilines is 1. The Morgan fingerprint density at radius 3 is 2.42 bits per heavy atom. The normalized spacial score (nSPS) is 24.0. The first kappa shape index (κ1) is 16.1. The number of piperidine rings is 1. The lowest BCUT2D eigenvalue weighted by Crippen LogP contribution is -2.54. The largest absolute Gasteiger partial charge is 0.446 e. The second kappa shape index (κ2) is 7.23. The van der Waals surface area contributed by atoms with Crippen LogP contribution in [0.1, 0.15) is 32.1 Å². The molecule has 0 atom stereocenters. The third-order valence-electron chi connectivity index (χ3n) is 5.49. The van der Waals surface area contributed by atoms with Crippen molar-refractivity contribution in [2.24, 2.45) is 0 Å². The summed E-state index contributed by atoms with van der Waals surface area (Å²) in [4.78, 5) is 19.0. The summed E-state index contributed by atoms with van der Waals surface area (Å²) in [6.07, 6.45) is 5.67. The Morgan fingerprint density at radius 2 is 1.83 bits per heavy atom. The minimum absolute atomic E-state index is 0.0336. The van der Waals surface area contributed by atoms with Crippen molar-refractivity contribution in [1.29, 1.82) is 0 Å². The minimum Gasteiger partial charge on any atom is -0.446 e. The molecule has 3 heterocycles. The molecule has 4 rings (SSSR count). The van der Waals surface area contributed by atoms with Crippen LogP contribution in [0.4, 0.5) is 9.93 Å². The van der Waals surface area contributed by atoms with Gasteiger partial charge in [-0.15, -0.1) is 10.2 Å². The van der Waals surface area contributed by atoms with Gasteiger partial charge in [-0.2, -0.15) is 0 Å². The van der Waals surface area contributed by atoms with Crippen LogP contribution >= 0.6 is 11.3 Å². The number of ether oxygens (including phenoxy) is 1. The van der Waals surface area contributed by atoms with Crippen molar-refractivity contribution in [2.75, 3.05) is 44.2 Å². The van der Waals surface area contributed by atoms with E-state index >= 15 is 0 Å². The SMILES string of the molecule is O=C(OC1CCN(c2nncs2)CC1)N1CCN(C2CCC2)CC1. The zero-order valence-corrected chi connectivity index (χ0v) is 14.8. The maximum atomic E-state index is 12.4. The fourth-order valence-electron chi connectivity index (χ4n) is 3.71. The van der Waals surface area contributed by atoms with Gasteiger partial charge in [0.25, 0.3) is 0 Å². The highest BCUT2D eigenvalue weighted by molar-refractivity contribution is 7.13. The molecule has 132 valence electrons. The van der Waals surface area contributed by atoms with Crippen molar-refractivity contribution < 1.29 is 9.53 Å². The number of hydrogen-bond acceptors (Lipinski definition) is 7. The molecule has 1 aromatic rings. The molecule has 7 nitrogen and oxygen atoms in total. The molecule has 24 heavy (non-hydrogen) atoms. The number of carbonyl (C=O) groups is 1. The zero-order valence-electron chi connectivity index (χ0n) is 14.0. The fourth-order valence-corrected chi connectivity index (χ4v) is 4.32. The number of carbonyl (C=O) groups excluding carboxylic acids is 1. The maximum absolute atomic E-state index is 12.4. The van der Waals surface area contributed by atoms with E-state index in [0.29, 0.717) is 0 Å². The topological polar surface area (TPSA) is 61.8 Å². The van der Waals surface area contributed by atoms with E-state index in [0.717, 1.165) is 63.3 Å². The van der Waals surface area contributed by atoms with E-state index in [1.807, 2.05) is 4.90 Å². The predicted octanol–water partition coefficient (Wildman–Crippen LogP) is 1.81. The number of hydrogen-bond donors (Lipinski definition) is 0. The molecule has 0 spiro atoms. The second-order valence-electron chi connectivity index (χ2n) is 6.90. The summed E-state index contributed by atoms with van der Waals surface area (Å²) in [6, 6.07) is 0.771. The summed E-state index contributed by atoms with van der Waals surface area (Å²) in [6.45, 7) is 5.35. The second-order valence-corrected chi connectivity index (χ2v) is 7.71. The molecule has 0 aromatic carbocycles. The molecular weight excluding hydrogens is 326 g/mol. The first-order valence-electron chi connectivity index (χ1n) is 9.00. The number of nitrogens with zero attached hydrogens (tertiary/aromatic N) is 5. The van der Waals surface area contributed by atoms with Gasteiger partial charge in [0.15, 0.2) is 0 Å². The summed E-state index contributed by atoms with van der Waals surface area (Å²) in [7, 11) is 0. The average Bonchev–Trinajstić information content (AvgIpc) is 3.09. The molecule has 1 amide bonds. The molecule has 3 fully saturated rings. The Bertz CT molecular complexity index is 535. The van der Waals surface area contributed by atoms with E-state index in [1.54, 1.807) is 16.8 Å². The van der Waals surface area contributed by atoms with Gasteiger partial charge >= 0.3 is 6.09 Å². The van der Waals surface area contributed by atoms with Crippen LogP contribution in [-0.2, 0) is 4.74 Å². The van der Waals surface area contributed by atoms with Crippen LogP contribution in [0.3, 0.4) is 0 Å². The van der Waals surface area contributed by atoms with Gasteiger partial charge in [-0.3, -0.25) is 4.90 Å². The lowest BCUT2D eigenvalue weighted by molar-refractivity contribution is 0.0230. The van der Waals surface area contributed by atoms with Crippen molar-refractivity contribution >= 4 is 22.6 Å². The third-order valence-corrected chi connectivity index (χ3v) is 6.24. The first-order chi connectivity index (χ1) is 11.8. The third kappa shape index (κ3) is 3.49. The summed E-state index contributed by atoms with van der Waals surface area (Å²) >= 11 is 1.56. The van der Waals surface area contributed by atoms with Crippen LogP contribution < -0.4 is 4.90 Å². The summed E-state index contributed by atoms with van der Waals surface area (Å²) in [5, 5.41) is 8.96. The lowest BCUT2D eigenvalue weighted by Gasteiger charge is -2.43. The molecule has 1 saturated carbocycles. The molecule has 0 radical (unpaired) electrons. The van der Waals surface area contributed by atoms with Crippen LogP contribution in [0, 0.1) is 0 Å². The van der Waals surface area contributed by atoms with E-state index in [1.165, 1.54) is 19.3 Å². The molecule has 3 aliphatic rings. The Hall–Kier alpha value is -1.41. The van der Waals surface area contributed by atoms with Crippen LogP contribution in [0.25, 0.3) is 0 Å².